The number of anilines is 2. The number of aromatic hydroxyl groups is 2. The normalized spacial score (nSPS) is 11.4. The maximum absolute atomic E-state index is 10.2. The number of hydrogen-bond acceptors (Lipinski definition) is 6. The molecule has 75 heavy (non-hydrogen) atoms. The summed E-state index contributed by atoms with van der Waals surface area (Å²) < 4.78 is 12.7. The maximum atomic E-state index is 10.2. The Morgan fingerprint density at radius 2 is 0.600 bits per heavy atom. The van der Waals surface area contributed by atoms with Crippen molar-refractivity contribution < 1.29 is 19.7 Å². The molecule has 0 bridgehead atoms. The summed E-state index contributed by atoms with van der Waals surface area (Å²) in [6.07, 6.45) is 0. The molecule has 10 aromatic rings. The van der Waals surface area contributed by atoms with E-state index in [-0.39, 0.29) is 22.9 Å². The van der Waals surface area contributed by atoms with Gasteiger partial charge in [-0.1, -0.05) is 144 Å². The molecule has 0 radical (unpaired) electrons. The van der Waals surface area contributed by atoms with E-state index in [0.717, 1.165) is 77.9 Å². The van der Waals surface area contributed by atoms with E-state index in [4.69, 9.17) is 20.9 Å². The molecule has 0 saturated carbocycles. The van der Waals surface area contributed by atoms with Crippen LogP contribution in [0.4, 0.5) is 11.4 Å². The first-order valence-electron chi connectivity index (χ1n) is 24.2. The van der Waals surface area contributed by atoms with Gasteiger partial charge in [-0.3, -0.25) is 0 Å². The number of nitrogen functional groups attached to an aromatic ring is 2. The highest BCUT2D eigenvalue weighted by Crippen LogP contribution is 2.57. The third-order valence-electron chi connectivity index (χ3n) is 12.9. The van der Waals surface area contributed by atoms with Gasteiger partial charge in [-0.25, -0.2) is 0 Å². The van der Waals surface area contributed by atoms with Gasteiger partial charge in [-0.05, 0) is 155 Å². The minimum atomic E-state index is -1.02. The summed E-state index contributed by atoms with van der Waals surface area (Å²) in [6.45, 7) is 0. The molecule has 0 aromatic heterocycles. The zero-order valence-corrected chi connectivity index (χ0v) is 40.3. The van der Waals surface area contributed by atoms with Crippen molar-refractivity contribution in [1.29, 1.82) is 0 Å². The van der Waals surface area contributed by atoms with Gasteiger partial charge in [0.15, 0.2) is 0 Å². The summed E-state index contributed by atoms with van der Waals surface area (Å²) in [5, 5.41) is 20.3. The van der Waals surface area contributed by atoms with Gasteiger partial charge in [-0.15, -0.1) is 0 Å². The summed E-state index contributed by atoms with van der Waals surface area (Å²) in [5.74, 6) is 30.0. The number of nitrogens with two attached hydrogens (primary N) is 2. The molecule has 11 rings (SSSR count). The number of phenols is 2. The number of rotatable bonds is 6. The second-order valence-corrected chi connectivity index (χ2v) is 17.8. The van der Waals surface area contributed by atoms with E-state index < -0.39 is 5.41 Å². The molecule has 354 valence electrons. The first kappa shape index (κ1) is 46.6. The molecule has 6 N–H and O–H groups in total. The molecule has 0 spiro atoms. The van der Waals surface area contributed by atoms with E-state index in [9.17, 15) is 10.2 Å². The minimum absolute atomic E-state index is 0.0223. The summed E-state index contributed by atoms with van der Waals surface area (Å²) >= 11 is 0. The lowest BCUT2D eigenvalue weighted by Gasteiger charge is -2.34. The SMILES string of the molecule is Nc1cc(Oc2ccc(C3(c4ccc(Oc5ccc(O)c(N)c5)cc4)c4cc(C#Cc5ccccc5)c(C#Cc5ccccc5)cc4-c4cc(C#Cc5ccccc5)c(C#Cc5ccccc5)cc43)cc2)ccc1O. The zero-order valence-electron chi connectivity index (χ0n) is 40.3. The molecule has 6 heteroatoms. The van der Waals surface area contributed by atoms with Crippen LogP contribution >= 0.6 is 0 Å². The Kier molecular flexibility index (Phi) is 12.8. The van der Waals surface area contributed by atoms with Crippen LogP contribution in [0.5, 0.6) is 34.5 Å². The molecule has 0 saturated heterocycles. The predicted octanol–water partition coefficient (Wildman–Crippen LogP) is 13.8. The molecular formula is C69H44N2O4. The molecule has 1 aliphatic rings. The molecule has 0 atom stereocenters. The largest absolute Gasteiger partial charge is 0.506 e. The Bertz CT molecular complexity index is 3770. The number of hydrogen-bond donors (Lipinski definition) is 4. The van der Waals surface area contributed by atoms with Crippen LogP contribution in [0.3, 0.4) is 0 Å². The second kappa shape index (κ2) is 20.5. The van der Waals surface area contributed by atoms with Crippen LogP contribution in [0.2, 0.25) is 0 Å². The molecule has 0 unspecified atom stereocenters. The van der Waals surface area contributed by atoms with E-state index in [1.54, 1.807) is 24.3 Å². The highest BCUT2D eigenvalue weighted by molar-refractivity contribution is 5.90. The molecule has 6 nitrogen and oxygen atoms in total. The van der Waals surface area contributed by atoms with Gasteiger partial charge in [0.1, 0.15) is 34.5 Å². The van der Waals surface area contributed by atoms with Crippen molar-refractivity contribution in [2.24, 2.45) is 0 Å². The van der Waals surface area contributed by atoms with Gasteiger partial charge in [0.2, 0.25) is 0 Å². The lowest BCUT2D eigenvalue weighted by molar-refractivity contribution is 0.466. The topological polar surface area (TPSA) is 111 Å². The Hall–Kier alpha value is -10.8. The van der Waals surface area contributed by atoms with E-state index in [1.165, 1.54) is 12.1 Å². The third-order valence-corrected chi connectivity index (χ3v) is 12.9. The van der Waals surface area contributed by atoms with Crippen LogP contribution < -0.4 is 20.9 Å². The summed E-state index contributed by atoms with van der Waals surface area (Å²) in [7, 11) is 0. The molecule has 0 aliphatic heterocycles. The number of phenolic OH excluding ortho intramolecular Hbond substituents is 2. The van der Waals surface area contributed by atoms with Crippen molar-refractivity contribution in [2.45, 2.75) is 5.41 Å². The van der Waals surface area contributed by atoms with Gasteiger partial charge >= 0.3 is 0 Å². The molecule has 0 fully saturated rings. The number of fused-ring (bicyclic) bond motifs is 3. The lowest BCUT2D eigenvalue weighted by Crippen LogP contribution is -2.29. The van der Waals surface area contributed by atoms with Crippen molar-refractivity contribution in [3.8, 4) is 93.0 Å². The van der Waals surface area contributed by atoms with Gasteiger partial charge in [0.25, 0.3) is 0 Å². The van der Waals surface area contributed by atoms with Crippen LogP contribution in [0, 0.1) is 47.4 Å². The molecule has 0 amide bonds. The van der Waals surface area contributed by atoms with Gasteiger partial charge in [0, 0.05) is 56.6 Å². The molecular weight excluding hydrogens is 921 g/mol. The van der Waals surface area contributed by atoms with Crippen molar-refractivity contribution >= 4 is 11.4 Å². The summed E-state index contributed by atoms with van der Waals surface area (Å²) in [4.78, 5) is 0. The van der Waals surface area contributed by atoms with Crippen molar-refractivity contribution in [3.05, 3.63) is 297 Å². The Labute approximate surface area is 436 Å². The Morgan fingerprint density at radius 1 is 0.307 bits per heavy atom. The van der Waals surface area contributed by atoms with Crippen LogP contribution in [0.15, 0.2) is 231 Å². The van der Waals surface area contributed by atoms with E-state index >= 15 is 0 Å². The monoisotopic (exact) mass is 964 g/mol. The minimum Gasteiger partial charge on any atom is -0.506 e. The quantitative estimate of drug-likeness (QED) is 0.0751. The maximum Gasteiger partial charge on any atom is 0.138 e. The average Bonchev–Trinajstić information content (AvgIpc) is 3.72. The summed E-state index contributed by atoms with van der Waals surface area (Å²) in [5.41, 5.74) is 23.8. The molecule has 1 aliphatic carbocycles. The average molecular weight is 965 g/mol. The second-order valence-electron chi connectivity index (χ2n) is 17.8. The van der Waals surface area contributed by atoms with Crippen LogP contribution in [0.25, 0.3) is 11.1 Å². The fraction of sp³-hybridized carbons (Fsp3) is 0.0145. The fourth-order valence-corrected chi connectivity index (χ4v) is 9.27. The Morgan fingerprint density at radius 3 is 0.907 bits per heavy atom. The van der Waals surface area contributed by atoms with Crippen molar-refractivity contribution in [1.82, 2.24) is 0 Å². The van der Waals surface area contributed by atoms with Crippen LogP contribution in [0.1, 0.15) is 66.8 Å². The fourth-order valence-electron chi connectivity index (χ4n) is 9.27. The predicted molar refractivity (Wildman–Crippen MR) is 299 cm³/mol. The first-order chi connectivity index (χ1) is 36.8. The first-order valence-corrected chi connectivity index (χ1v) is 24.2. The highest BCUT2D eigenvalue weighted by Gasteiger charge is 2.47. The highest BCUT2D eigenvalue weighted by atomic mass is 16.5. The van der Waals surface area contributed by atoms with E-state index in [0.29, 0.717) is 23.0 Å². The lowest BCUT2D eigenvalue weighted by atomic mass is 9.67. The van der Waals surface area contributed by atoms with Gasteiger partial charge < -0.3 is 31.2 Å². The van der Waals surface area contributed by atoms with Gasteiger partial charge in [-0.2, -0.15) is 0 Å². The van der Waals surface area contributed by atoms with Crippen LogP contribution in [-0.4, -0.2) is 10.2 Å². The Balaban J connectivity index is 1.20. The van der Waals surface area contributed by atoms with Crippen LogP contribution in [-0.2, 0) is 5.41 Å². The van der Waals surface area contributed by atoms with Crippen molar-refractivity contribution in [3.63, 3.8) is 0 Å². The molecule has 10 aromatic carbocycles. The smallest absolute Gasteiger partial charge is 0.138 e. The van der Waals surface area contributed by atoms with Crippen molar-refractivity contribution in [2.75, 3.05) is 11.5 Å². The number of ether oxygens (including phenoxy) is 2. The number of benzene rings is 10. The zero-order chi connectivity index (χ0) is 51.1. The standard InChI is InChI=1S/C69H44N2O4/c70-65-45-59(37-39-67(65)72)74-57-33-29-55(30-34-57)69(56-31-35-58(36-32-56)75-60-38-40-68(73)66(71)46-60)63-43-53(27-23-49-17-9-3-10-18-49)51(25-21-47-13-5-1-6-14-47)41-61(63)62-42-52(26-22-48-15-7-2-8-16-48)54(44-64(62)69)28-24-50-19-11-4-12-20-50/h1-20,29-46,72-73H,70-71H2. The van der Waals surface area contributed by atoms with Gasteiger partial charge in [0.05, 0.1) is 16.8 Å². The van der Waals surface area contributed by atoms with E-state index in [1.807, 2.05) is 146 Å². The molecule has 0 heterocycles. The van der Waals surface area contributed by atoms with E-state index in [2.05, 4.69) is 95.9 Å². The summed E-state index contributed by atoms with van der Waals surface area (Å²) in [6, 6.07) is 74.1. The third kappa shape index (κ3) is 9.84.